The summed E-state index contributed by atoms with van der Waals surface area (Å²) in [6.07, 6.45) is 2.24. The molecule has 1 atom stereocenters. The molecule has 0 bridgehead atoms. The van der Waals surface area contributed by atoms with E-state index in [4.69, 9.17) is 0 Å². The normalized spacial score (nSPS) is 15.5. The number of aliphatic hydroxyl groups excluding tert-OH is 1. The maximum atomic E-state index is 10.7. The van der Waals surface area contributed by atoms with Crippen molar-refractivity contribution in [3.8, 4) is 33.9 Å². The third kappa shape index (κ3) is 4.17. The molecule has 0 aliphatic carbocycles. The van der Waals surface area contributed by atoms with Gasteiger partial charge in [0.1, 0.15) is 11.5 Å². The van der Waals surface area contributed by atoms with E-state index >= 15 is 0 Å². The summed E-state index contributed by atoms with van der Waals surface area (Å²) in [7, 11) is 0. The van der Waals surface area contributed by atoms with E-state index in [1.54, 1.807) is 18.2 Å². The smallest absolute Gasteiger partial charge is 0.127 e. The van der Waals surface area contributed by atoms with E-state index in [9.17, 15) is 15.3 Å². The van der Waals surface area contributed by atoms with E-state index in [0.29, 0.717) is 22.7 Å². The van der Waals surface area contributed by atoms with Gasteiger partial charge < -0.3 is 25.6 Å². The molecular formula is C29H33N3O3. The number of aromatic amines is 1. The summed E-state index contributed by atoms with van der Waals surface area (Å²) in [6, 6.07) is 13.4. The number of phenolic OH excluding ortho intramolecular Hbond substituents is 2. The van der Waals surface area contributed by atoms with Gasteiger partial charge in [0.05, 0.1) is 11.3 Å². The number of fused-ring (bicyclic) bond motifs is 1. The Bertz CT molecular complexity index is 1370. The standard InChI is InChI=1S/C29H33N3O3/c1-16(15-33)26-21-14-20(19-9-11-30-12-10-19)7-8-23(21)32-29(26)22-13-17(2)31-18(3)27(22)28-24(34)5-4-6-25(28)35/h4-8,13-14,16,19,30,32-35H,9-12,15H2,1-3H3. The first-order valence-corrected chi connectivity index (χ1v) is 12.4. The highest BCUT2D eigenvalue weighted by Gasteiger charge is 2.25. The molecule has 0 amide bonds. The van der Waals surface area contributed by atoms with Crippen molar-refractivity contribution in [2.45, 2.75) is 45.4 Å². The maximum absolute atomic E-state index is 10.7. The number of aromatic nitrogens is 2. The molecule has 1 saturated heterocycles. The van der Waals surface area contributed by atoms with E-state index in [1.807, 2.05) is 26.8 Å². The van der Waals surface area contributed by atoms with Crippen LogP contribution in [0, 0.1) is 13.8 Å². The van der Waals surface area contributed by atoms with E-state index in [2.05, 4.69) is 33.5 Å². The van der Waals surface area contributed by atoms with Gasteiger partial charge in [-0.1, -0.05) is 19.1 Å². The van der Waals surface area contributed by atoms with E-state index in [-0.39, 0.29) is 24.0 Å². The van der Waals surface area contributed by atoms with Gasteiger partial charge in [0, 0.05) is 45.9 Å². The number of benzene rings is 2. The van der Waals surface area contributed by atoms with Gasteiger partial charge >= 0.3 is 0 Å². The van der Waals surface area contributed by atoms with Crippen molar-refractivity contribution in [3.63, 3.8) is 0 Å². The molecule has 1 aliphatic heterocycles. The van der Waals surface area contributed by atoms with Crippen LogP contribution in [0.4, 0.5) is 0 Å². The molecule has 5 rings (SSSR count). The van der Waals surface area contributed by atoms with E-state index < -0.39 is 0 Å². The van der Waals surface area contributed by atoms with Gasteiger partial charge in [0.2, 0.25) is 0 Å². The van der Waals surface area contributed by atoms with E-state index in [0.717, 1.165) is 59.3 Å². The second-order valence-corrected chi connectivity index (χ2v) is 9.77. The molecule has 35 heavy (non-hydrogen) atoms. The van der Waals surface area contributed by atoms with Crippen molar-refractivity contribution in [2.75, 3.05) is 19.7 Å². The summed E-state index contributed by atoms with van der Waals surface area (Å²) < 4.78 is 0. The average molecular weight is 472 g/mol. The highest BCUT2D eigenvalue weighted by Crippen LogP contribution is 2.46. The van der Waals surface area contributed by atoms with Crippen LogP contribution >= 0.6 is 0 Å². The molecule has 6 heteroatoms. The number of phenols is 2. The van der Waals surface area contributed by atoms with Crippen molar-refractivity contribution in [2.24, 2.45) is 0 Å². The Morgan fingerprint density at radius 3 is 2.40 bits per heavy atom. The fourth-order valence-corrected chi connectivity index (χ4v) is 5.58. The molecule has 5 N–H and O–H groups in total. The summed E-state index contributed by atoms with van der Waals surface area (Å²) >= 11 is 0. The number of piperidine rings is 1. The van der Waals surface area contributed by atoms with Crippen LogP contribution in [0.2, 0.25) is 0 Å². The van der Waals surface area contributed by atoms with E-state index in [1.165, 1.54) is 5.56 Å². The number of hydrogen-bond donors (Lipinski definition) is 5. The summed E-state index contributed by atoms with van der Waals surface area (Å²) in [5.41, 5.74) is 7.72. The first kappa shape index (κ1) is 23.4. The maximum Gasteiger partial charge on any atom is 0.127 e. The van der Waals surface area contributed by atoms with Crippen molar-refractivity contribution in [1.29, 1.82) is 0 Å². The highest BCUT2D eigenvalue weighted by molar-refractivity contribution is 5.97. The predicted octanol–water partition coefficient (Wildman–Crippen LogP) is 5.49. The van der Waals surface area contributed by atoms with Crippen LogP contribution in [0.15, 0.2) is 42.5 Å². The first-order chi connectivity index (χ1) is 16.9. The summed E-state index contributed by atoms with van der Waals surface area (Å²) in [5, 5.41) is 36.2. The highest BCUT2D eigenvalue weighted by atomic mass is 16.3. The molecule has 3 heterocycles. The molecule has 4 aromatic rings. The van der Waals surface area contributed by atoms with Gasteiger partial charge in [-0.2, -0.15) is 0 Å². The van der Waals surface area contributed by atoms with Crippen LogP contribution in [0.25, 0.3) is 33.3 Å². The number of hydrogen-bond acceptors (Lipinski definition) is 5. The first-order valence-electron chi connectivity index (χ1n) is 12.4. The van der Waals surface area contributed by atoms with Gasteiger partial charge in [0.25, 0.3) is 0 Å². The van der Waals surface area contributed by atoms with Gasteiger partial charge in [0.15, 0.2) is 0 Å². The minimum Gasteiger partial charge on any atom is -0.507 e. The van der Waals surface area contributed by atoms with Crippen LogP contribution in [-0.4, -0.2) is 45.0 Å². The minimum absolute atomic E-state index is 0.000986. The lowest BCUT2D eigenvalue weighted by Gasteiger charge is -2.23. The Morgan fingerprint density at radius 1 is 1.00 bits per heavy atom. The van der Waals surface area contributed by atoms with Crippen LogP contribution < -0.4 is 5.32 Å². The molecule has 182 valence electrons. The topological polar surface area (TPSA) is 101 Å². The van der Waals surface area contributed by atoms with Crippen molar-refractivity contribution in [1.82, 2.24) is 15.3 Å². The monoisotopic (exact) mass is 471 g/mol. The number of nitrogens with zero attached hydrogens (tertiary/aromatic N) is 1. The zero-order valence-corrected chi connectivity index (χ0v) is 20.5. The molecule has 2 aromatic carbocycles. The molecule has 0 saturated carbocycles. The molecule has 1 fully saturated rings. The van der Waals surface area contributed by atoms with Crippen LogP contribution in [0.3, 0.4) is 0 Å². The molecule has 1 unspecified atom stereocenters. The average Bonchev–Trinajstić information content (AvgIpc) is 3.23. The number of aromatic hydroxyl groups is 2. The quantitative estimate of drug-likeness (QED) is 0.265. The largest absolute Gasteiger partial charge is 0.507 e. The Morgan fingerprint density at radius 2 is 1.71 bits per heavy atom. The third-order valence-corrected chi connectivity index (χ3v) is 7.31. The van der Waals surface area contributed by atoms with Crippen LogP contribution in [0.5, 0.6) is 11.5 Å². The molecule has 0 radical (unpaired) electrons. The van der Waals surface area contributed by atoms with Crippen LogP contribution in [0.1, 0.15) is 54.1 Å². The fraction of sp³-hybridized carbons (Fsp3) is 0.345. The predicted molar refractivity (Wildman–Crippen MR) is 140 cm³/mol. The van der Waals surface area contributed by atoms with Gasteiger partial charge in [-0.15, -0.1) is 0 Å². The molecule has 0 spiro atoms. The summed E-state index contributed by atoms with van der Waals surface area (Å²) in [4.78, 5) is 8.27. The molecule has 6 nitrogen and oxygen atoms in total. The summed E-state index contributed by atoms with van der Waals surface area (Å²) in [5.74, 6) is 0.416. The lowest BCUT2D eigenvalue weighted by Crippen LogP contribution is -2.26. The summed E-state index contributed by atoms with van der Waals surface area (Å²) in [6.45, 7) is 7.94. The SMILES string of the molecule is Cc1cc(-c2[nH]c3ccc(C4CCNCC4)cc3c2C(C)CO)c(-c2c(O)cccc2O)c(C)n1. The second-order valence-electron chi connectivity index (χ2n) is 9.77. The van der Waals surface area contributed by atoms with Gasteiger partial charge in [-0.05, 0) is 87.2 Å². The number of H-pyrrole nitrogens is 1. The Labute approximate surface area is 205 Å². The fourth-order valence-electron chi connectivity index (χ4n) is 5.58. The molecule has 2 aromatic heterocycles. The van der Waals surface area contributed by atoms with Crippen molar-refractivity contribution in [3.05, 3.63) is 65.0 Å². The Hall–Kier alpha value is -3.35. The zero-order valence-electron chi connectivity index (χ0n) is 20.5. The van der Waals surface area contributed by atoms with Crippen molar-refractivity contribution >= 4 is 10.9 Å². The third-order valence-electron chi connectivity index (χ3n) is 7.31. The number of rotatable bonds is 5. The number of pyridine rings is 1. The van der Waals surface area contributed by atoms with Crippen LogP contribution in [-0.2, 0) is 0 Å². The van der Waals surface area contributed by atoms with Crippen molar-refractivity contribution < 1.29 is 15.3 Å². The van der Waals surface area contributed by atoms with Gasteiger partial charge in [-0.3, -0.25) is 4.98 Å². The minimum atomic E-state index is -0.110. The number of aliphatic hydroxyl groups is 1. The zero-order chi connectivity index (χ0) is 24.7. The number of aryl methyl sites for hydroxylation is 2. The second kappa shape index (κ2) is 9.36. The lowest BCUT2D eigenvalue weighted by molar-refractivity contribution is 0.274. The Kier molecular flexibility index (Phi) is 6.26. The van der Waals surface area contributed by atoms with Gasteiger partial charge in [-0.25, -0.2) is 0 Å². The molecular weight excluding hydrogens is 438 g/mol. The molecule has 1 aliphatic rings. The lowest BCUT2D eigenvalue weighted by atomic mass is 9.87. The Balaban J connectivity index is 1.79. The number of nitrogens with one attached hydrogen (secondary N) is 2.